The normalized spacial score (nSPS) is 12.5. The Hall–Kier alpha value is -1.35. The van der Waals surface area contributed by atoms with Gasteiger partial charge in [0.15, 0.2) is 0 Å². The fraction of sp³-hybridized carbons (Fsp3) is 0.562. The van der Waals surface area contributed by atoms with Crippen LogP contribution in [0.3, 0.4) is 0 Å². The molecule has 0 radical (unpaired) electrons. The number of hydrogen-bond donors (Lipinski definition) is 2. The van der Waals surface area contributed by atoms with Crippen LogP contribution in [-0.2, 0) is 11.2 Å². The van der Waals surface area contributed by atoms with Crippen LogP contribution in [0.25, 0.3) is 0 Å². The molecule has 1 rings (SSSR count). The van der Waals surface area contributed by atoms with E-state index in [2.05, 4.69) is 55.7 Å². The largest absolute Gasteiger partial charge is 0.355 e. The summed E-state index contributed by atoms with van der Waals surface area (Å²) in [5.41, 5.74) is 2.53. The van der Waals surface area contributed by atoms with Gasteiger partial charge in [0.2, 0.25) is 5.91 Å². The van der Waals surface area contributed by atoms with Crippen LogP contribution < -0.4 is 10.6 Å². The molecule has 1 unspecified atom stereocenters. The van der Waals surface area contributed by atoms with Crippen LogP contribution >= 0.6 is 0 Å². The highest BCUT2D eigenvalue weighted by Crippen LogP contribution is 2.10. The van der Waals surface area contributed by atoms with Gasteiger partial charge in [-0.2, -0.15) is 0 Å². The van der Waals surface area contributed by atoms with E-state index in [1.807, 2.05) is 7.05 Å². The minimum Gasteiger partial charge on any atom is -0.355 e. The number of carbonyl (C=O) groups is 1. The van der Waals surface area contributed by atoms with Crippen molar-refractivity contribution in [1.29, 1.82) is 0 Å². The second-order valence-electron chi connectivity index (χ2n) is 5.43. The van der Waals surface area contributed by atoms with Crippen LogP contribution in [0.4, 0.5) is 0 Å². The quantitative estimate of drug-likeness (QED) is 0.790. The summed E-state index contributed by atoms with van der Waals surface area (Å²) in [6.45, 7) is 7.68. The lowest BCUT2D eigenvalue weighted by molar-refractivity contribution is -0.126. The van der Waals surface area contributed by atoms with Gasteiger partial charge in [-0.15, -0.1) is 0 Å². The Labute approximate surface area is 116 Å². The van der Waals surface area contributed by atoms with Gasteiger partial charge < -0.3 is 10.6 Å². The van der Waals surface area contributed by atoms with Crippen LogP contribution in [0.1, 0.15) is 25.0 Å². The van der Waals surface area contributed by atoms with Crippen molar-refractivity contribution >= 4 is 5.91 Å². The first-order valence-corrected chi connectivity index (χ1v) is 7.02. The Morgan fingerprint density at radius 1 is 1.21 bits per heavy atom. The minimum atomic E-state index is 0.0445. The summed E-state index contributed by atoms with van der Waals surface area (Å²) in [6, 6.07) is 8.45. The average Bonchev–Trinajstić information content (AvgIpc) is 2.37. The summed E-state index contributed by atoms with van der Waals surface area (Å²) in [4.78, 5) is 12.1. The highest BCUT2D eigenvalue weighted by atomic mass is 16.1. The molecule has 0 saturated heterocycles. The molecule has 3 nitrogen and oxygen atoms in total. The molecule has 0 aliphatic rings. The lowest BCUT2D eigenvalue weighted by atomic mass is 9.95. The third-order valence-electron chi connectivity index (χ3n) is 3.40. The SMILES string of the molecule is CNCC(C(=O)NCCc1ccc(C)cc1)C(C)C. The molecule has 2 N–H and O–H groups in total. The van der Waals surface area contributed by atoms with Crippen molar-refractivity contribution in [2.45, 2.75) is 27.2 Å². The van der Waals surface area contributed by atoms with Gasteiger partial charge in [-0.3, -0.25) is 4.79 Å². The van der Waals surface area contributed by atoms with Crippen molar-refractivity contribution in [1.82, 2.24) is 10.6 Å². The van der Waals surface area contributed by atoms with Gasteiger partial charge in [0.25, 0.3) is 0 Å². The Morgan fingerprint density at radius 2 is 1.84 bits per heavy atom. The molecule has 1 amide bonds. The maximum Gasteiger partial charge on any atom is 0.224 e. The minimum absolute atomic E-state index is 0.0445. The summed E-state index contributed by atoms with van der Waals surface area (Å²) < 4.78 is 0. The molecule has 0 saturated carbocycles. The molecular formula is C16H26N2O. The van der Waals surface area contributed by atoms with Crippen LogP contribution in [0, 0.1) is 18.8 Å². The second kappa shape index (κ2) is 7.95. The molecule has 3 heteroatoms. The molecule has 0 heterocycles. The fourth-order valence-corrected chi connectivity index (χ4v) is 2.07. The monoisotopic (exact) mass is 262 g/mol. The van der Waals surface area contributed by atoms with E-state index in [0.717, 1.165) is 13.0 Å². The van der Waals surface area contributed by atoms with Gasteiger partial charge >= 0.3 is 0 Å². The molecule has 0 aliphatic heterocycles. The highest BCUT2D eigenvalue weighted by molar-refractivity contribution is 5.79. The average molecular weight is 262 g/mol. The fourth-order valence-electron chi connectivity index (χ4n) is 2.07. The van der Waals surface area contributed by atoms with Gasteiger partial charge in [-0.1, -0.05) is 43.7 Å². The van der Waals surface area contributed by atoms with E-state index in [1.54, 1.807) is 0 Å². The van der Waals surface area contributed by atoms with Crippen molar-refractivity contribution in [3.8, 4) is 0 Å². The second-order valence-corrected chi connectivity index (χ2v) is 5.43. The highest BCUT2D eigenvalue weighted by Gasteiger charge is 2.20. The predicted octanol–water partition coefficient (Wildman–Crippen LogP) is 2.15. The molecule has 106 valence electrons. The molecule has 0 bridgehead atoms. The van der Waals surface area contributed by atoms with E-state index in [0.29, 0.717) is 12.5 Å². The Morgan fingerprint density at radius 3 is 2.37 bits per heavy atom. The van der Waals surface area contributed by atoms with E-state index in [1.165, 1.54) is 11.1 Å². The molecule has 1 atom stereocenters. The molecule has 0 aromatic heterocycles. The lowest BCUT2D eigenvalue weighted by Gasteiger charge is -2.19. The number of carbonyl (C=O) groups excluding carboxylic acids is 1. The topological polar surface area (TPSA) is 41.1 Å². The van der Waals surface area contributed by atoms with E-state index >= 15 is 0 Å². The summed E-state index contributed by atoms with van der Waals surface area (Å²) >= 11 is 0. The first kappa shape index (κ1) is 15.7. The number of benzene rings is 1. The molecule has 1 aromatic carbocycles. The smallest absolute Gasteiger partial charge is 0.224 e. The molecule has 0 fully saturated rings. The Bertz CT molecular complexity index is 384. The van der Waals surface area contributed by atoms with Gasteiger partial charge in [0.05, 0.1) is 5.92 Å². The van der Waals surface area contributed by atoms with E-state index in [4.69, 9.17) is 0 Å². The standard InChI is InChI=1S/C16H26N2O/c1-12(2)15(11-17-4)16(19)18-10-9-14-7-5-13(3)6-8-14/h5-8,12,15,17H,9-11H2,1-4H3,(H,18,19). The van der Waals surface area contributed by atoms with Crippen molar-refractivity contribution in [3.05, 3.63) is 35.4 Å². The van der Waals surface area contributed by atoms with Crippen molar-refractivity contribution in [2.24, 2.45) is 11.8 Å². The Balaban J connectivity index is 2.39. The summed E-state index contributed by atoms with van der Waals surface area (Å²) in [6.07, 6.45) is 0.885. The van der Waals surface area contributed by atoms with Crippen molar-refractivity contribution in [3.63, 3.8) is 0 Å². The zero-order chi connectivity index (χ0) is 14.3. The first-order valence-electron chi connectivity index (χ1n) is 7.02. The van der Waals surface area contributed by atoms with Crippen LogP contribution in [0.2, 0.25) is 0 Å². The summed E-state index contributed by atoms with van der Waals surface area (Å²) in [5.74, 6) is 0.548. The first-order chi connectivity index (χ1) is 9.04. The van der Waals surface area contributed by atoms with E-state index in [-0.39, 0.29) is 11.8 Å². The number of aryl methyl sites for hydroxylation is 1. The van der Waals surface area contributed by atoms with Crippen LogP contribution in [-0.4, -0.2) is 26.0 Å². The number of rotatable bonds is 7. The summed E-state index contributed by atoms with van der Waals surface area (Å²) in [7, 11) is 1.88. The molecule has 0 spiro atoms. The van der Waals surface area contributed by atoms with Gasteiger partial charge in [-0.25, -0.2) is 0 Å². The third kappa shape index (κ3) is 5.43. The molecule has 19 heavy (non-hydrogen) atoms. The number of amides is 1. The molecule has 1 aromatic rings. The van der Waals surface area contributed by atoms with Gasteiger partial charge in [0, 0.05) is 13.1 Å². The van der Waals surface area contributed by atoms with E-state index in [9.17, 15) is 4.79 Å². The third-order valence-corrected chi connectivity index (χ3v) is 3.40. The molecular weight excluding hydrogens is 236 g/mol. The van der Waals surface area contributed by atoms with Crippen molar-refractivity contribution < 1.29 is 4.79 Å². The molecule has 0 aliphatic carbocycles. The number of nitrogens with one attached hydrogen (secondary N) is 2. The van der Waals surface area contributed by atoms with Gasteiger partial charge in [-0.05, 0) is 31.9 Å². The Kier molecular flexibility index (Phi) is 6.57. The zero-order valence-electron chi connectivity index (χ0n) is 12.5. The van der Waals surface area contributed by atoms with Crippen molar-refractivity contribution in [2.75, 3.05) is 20.1 Å². The van der Waals surface area contributed by atoms with Crippen LogP contribution in [0.15, 0.2) is 24.3 Å². The number of hydrogen-bond acceptors (Lipinski definition) is 2. The zero-order valence-corrected chi connectivity index (χ0v) is 12.5. The predicted molar refractivity (Wildman–Crippen MR) is 80.1 cm³/mol. The summed E-state index contributed by atoms with van der Waals surface area (Å²) in [5, 5.41) is 6.12. The maximum absolute atomic E-state index is 12.1. The van der Waals surface area contributed by atoms with Crippen LogP contribution in [0.5, 0.6) is 0 Å². The van der Waals surface area contributed by atoms with E-state index < -0.39 is 0 Å². The maximum atomic E-state index is 12.1. The lowest BCUT2D eigenvalue weighted by Crippen LogP contribution is -2.39. The van der Waals surface area contributed by atoms with Gasteiger partial charge in [0.1, 0.15) is 0 Å².